The van der Waals surface area contributed by atoms with Gasteiger partial charge in [0.25, 0.3) is 5.56 Å². The maximum absolute atomic E-state index is 12.2. The fourth-order valence-electron chi connectivity index (χ4n) is 2.84. The molecule has 0 N–H and O–H groups in total. The Morgan fingerprint density at radius 1 is 1.27 bits per heavy atom. The molecule has 0 amide bonds. The van der Waals surface area contributed by atoms with Gasteiger partial charge < -0.3 is 9.47 Å². The summed E-state index contributed by atoms with van der Waals surface area (Å²) in [6, 6.07) is 3.18. The molecule has 0 saturated carbocycles. The fraction of sp³-hybridized carbons (Fsp3) is 0.667. The van der Waals surface area contributed by atoms with Crippen molar-refractivity contribution in [3.8, 4) is 0 Å². The Kier molecular flexibility index (Phi) is 5.41. The van der Waals surface area contributed by atoms with E-state index < -0.39 is 10.0 Å². The van der Waals surface area contributed by atoms with Crippen LogP contribution in [0, 0.1) is 0 Å². The van der Waals surface area contributed by atoms with Crippen LogP contribution < -0.4 is 5.56 Å². The summed E-state index contributed by atoms with van der Waals surface area (Å²) in [5, 5.41) is 0. The van der Waals surface area contributed by atoms with E-state index in [4.69, 9.17) is 0 Å². The van der Waals surface area contributed by atoms with Crippen molar-refractivity contribution in [1.82, 2.24) is 13.8 Å². The van der Waals surface area contributed by atoms with Crippen molar-refractivity contribution in [2.45, 2.75) is 43.2 Å². The largest absolute Gasteiger partial charge is 0.314 e. The monoisotopic (exact) mass is 327 g/mol. The molecule has 1 fully saturated rings. The highest BCUT2D eigenvalue weighted by Crippen LogP contribution is 2.18. The van der Waals surface area contributed by atoms with E-state index in [0.717, 1.165) is 23.7 Å². The summed E-state index contributed by atoms with van der Waals surface area (Å²) in [5.41, 5.74) is -0.156. The topological polar surface area (TPSA) is 62.6 Å². The third-order valence-corrected chi connectivity index (χ3v) is 6.16. The molecular weight excluding hydrogens is 302 g/mol. The summed E-state index contributed by atoms with van der Waals surface area (Å²) in [5.74, 6) is 0. The SMILES string of the molecule is CN1CCCC[C@H]1CCn1cc(S(=O)(=O)N(C)C)ccc1=O. The van der Waals surface area contributed by atoms with Crippen molar-refractivity contribution >= 4 is 10.0 Å². The van der Waals surface area contributed by atoms with E-state index in [0.29, 0.717) is 12.6 Å². The molecule has 7 heteroatoms. The van der Waals surface area contributed by atoms with Gasteiger partial charge in [-0.05, 0) is 38.9 Å². The van der Waals surface area contributed by atoms with Crippen LogP contribution in [0.1, 0.15) is 25.7 Å². The maximum Gasteiger partial charge on any atom is 0.250 e. The molecule has 1 saturated heterocycles. The lowest BCUT2D eigenvalue weighted by Gasteiger charge is -2.32. The van der Waals surface area contributed by atoms with Gasteiger partial charge >= 0.3 is 0 Å². The zero-order valence-corrected chi connectivity index (χ0v) is 14.3. The van der Waals surface area contributed by atoms with Gasteiger partial charge in [-0.3, -0.25) is 4.79 Å². The van der Waals surface area contributed by atoms with Crippen LogP contribution in [-0.2, 0) is 16.6 Å². The maximum atomic E-state index is 12.2. The van der Waals surface area contributed by atoms with Crippen LogP contribution >= 0.6 is 0 Å². The molecule has 1 aliphatic rings. The van der Waals surface area contributed by atoms with Gasteiger partial charge in [0, 0.05) is 38.9 Å². The summed E-state index contributed by atoms with van der Waals surface area (Å²) in [6.07, 6.45) is 5.91. The minimum atomic E-state index is -3.51. The molecule has 2 heterocycles. The zero-order valence-electron chi connectivity index (χ0n) is 13.5. The van der Waals surface area contributed by atoms with E-state index in [9.17, 15) is 13.2 Å². The second-order valence-corrected chi connectivity index (χ2v) is 8.25. The van der Waals surface area contributed by atoms with Crippen LogP contribution in [0.15, 0.2) is 28.0 Å². The first-order valence-corrected chi connectivity index (χ1v) is 9.09. The van der Waals surface area contributed by atoms with E-state index in [1.807, 2.05) is 0 Å². The Bertz CT molecular complexity index is 667. The summed E-state index contributed by atoms with van der Waals surface area (Å²) in [7, 11) is 1.58. The van der Waals surface area contributed by atoms with Crippen LogP contribution in [0.3, 0.4) is 0 Å². The third-order valence-electron chi connectivity index (χ3n) is 4.36. The predicted molar refractivity (Wildman–Crippen MR) is 86.5 cm³/mol. The number of sulfonamides is 1. The number of aryl methyl sites for hydroxylation is 1. The molecule has 0 aromatic carbocycles. The molecule has 0 bridgehead atoms. The Morgan fingerprint density at radius 2 is 2.00 bits per heavy atom. The standard InChI is InChI=1S/C15H25N3O3S/c1-16(2)22(20,21)14-7-8-15(19)18(12-14)11-9-13-6-4-5-10-17(13)3/h7-8,12-13H,4-6,9-11H2,1-3H3/t13-/m0/s1. The number of hydrogen-bond acceptors (Lipinski definition) is 4. The van der Waals surface area contributed by atoms with Crippen molar-refractivity contribution < 1.29 is 8.42 Å². The Labute approximate surface area is 132 Å². The first kappa shape index (κ1) is 17.2. The predicted octanol–water partition coefficient (Wildman–Crippen LogP) is 0.973. The molecule has 0 spiro atoms. The highest BCUT2D eigenvalue weighted by Gasteiger charge is 2.20. The summed E-state index contributed by atoms with van der Waals surface area (Å²) < 4.78 is 27.0. The van der Waals surface area contributed by atoms with Crippen molar-refractivity contribution in [1.29, 1.82) is 0 Å². The molecule has 1 atom stereocenters. The number of hydrogen-bond donors (Lipinski definition) is 0. The molecular formula is C15H25N3O3S. The molecule has 2 rings (SSSR count). The normalized spacial score (nSPS) is 20.5. The van der Waals surface area contributed by atoms with Crippen LogP contribution in [0.25, 0.3) is 0 Å². The van der Waals surface area contributed by atoms with Crippen molar-refractivity contribution in [3.63, 3.8) is 0 Å². The fourth-order valence-corrected chi connectivity index (χ4v) is 3.77. The van der Waals surface area contributed by atoms with Crippen molar-refractivity contribution in [3.05, 3.63) is 28.7 Å². The number of pyridine rings is 1. The highest BCUT2D eigenvalue weighted by atomic mass is 32.2. The molecule has 1 aliphatic heterocycles. The number of aromatic nitrogens is 1. The lowest BCUT2D eigenvalue weighted by Crippen LogP contribution is -2.37. The number of rotatable bonds is 5. The molecule has 6 nitrogen and oxygen atoms in total. The quantitative estimate of drug-likeness (QED) is 0.808. The van der Waals surface area contributed by atoms with Gasteiger partial charge in [-0.1, -0.05) is 6.42 Å². The number of nitrogens with zero attached hydrogens (tertiary/aromatic N) is 3. The second kappa shape index (κ2) is 6.93. The van der Waals surface area contributed by atoms with E-state index in [1.165, 1.54) is 49.8 Å². The molecule has 0 aliphatic carbocycles. The molecule has 1 aromatic heterocycles. The van der Waals surface area contributed by atoms with Crippen LogP contribution in [0.5, 0.6) is 0 Å². The van der Waals surface area contributed by atoms with Crippen molar-refractivity contribution in [2.75, 3.05) is 27.7 Å². The third kappa shape index (κ3) is 3.77. The molecule has 22 heavy (non-hydrogen) atoms. The van der Waals surface area contributed by atoms with Crippen LogP contribution in [-0.4, -0.2) is 55.9 Å². The average molecular weight is 327 g/mol. The van der Waals surface area contributed by atoms with Crippen LogP contribution in [0.2, 0.25) is 0 Å². The average Bonchev–Trinajstić information content (AvgIpc) is 2.47. The first-order valence-electron chi connectivity index (χ1n) is 7.65. The summed E-state index contributed by atoms with van der Waals surface area (Å²) in [6.45, 7) is 1.64. The van der Waals surface area contributed by atoms with Gasteiger partial charge in [0.05, 0.1) is 4.90 Å². The van der Waals surface area contributed by atoms with Gasteiger partial charge in [0.15, 0.2) is 0 Å². The first-order chi connectivity index (χ1) is 10.3. The number of piperidine rings is 1. The van der Waals surface area contributed by atoms with Gasteiger partial charge in [-0.25, -0.2) is 12.7 Å². The van der Waals surface area contributed by atoms with Gasteiger partial charge in [0.1, 0.15) is 0 Å². The van der Waals surface area contributed by atoms with Gasteiger partial charge in [0.2, 0.25) is 10.0 Å². The van der Waals surface area contributed by atoms with E-state index in [2.05, 4.69) is 11.9 Å². The molecule has 1 aromatic rings. The van der Waals surface area contributed by atoms with E-state index >= 15 is 0 Å². The van der Waals surface area contributed by atoms with Gasteiger partial charge in [-0.2, -0.15) is 0 Å². The zero-order chi connectivity index (χ0) is 16.3. The lowest BCUT2D eigenvalue weighted by molar-refractivity contribution is 0.170. The molecule has 0 unspecified atom stereocenters. The summed E-state index contributed by atoms with van der Waals surface area (Å²) >= 11 is 0. The van der Waals surface area contributed by atoms with Crippen molar-refractivity contribution in [2.24, 2.45) is 0 Å². The Hall–Kier alpha value is -1.18. The lowest BCUT2D eigenvalue weighted by atomic mass is 10.0. The van der Waals surface area contributed by atoms with Gasteiger partial charge in [-0.15, -0.1) is 0 Å². The number of likely N-dealkylation sites (tertiary alicyclic amines) is 1. The van der Waals surface area contributed by atoms with E-state index in [1.54, 1.807) is 0 Å². The minimum absolute atomic E-state index is 0.156. The molecule has 0 radical (unpaired) electrons. The van der Waals surface area contributed by atoms with E-state index in [-0.39, 0.29) is 10.5 Å². The Morgan fingerprint density at radius 3 is 2.64 bits per heavy atom. The van der Waals surface area contributed by atoms with Crippen LogP contribution in [0.4, 0.5) is 0 Å². The minimum Gasteiger partial charge on any atom is -0.314 e. The smallest absolute Gasteiger partial charge is 0.250 e. The second-order valence-electron chi connectivity index (χ2n) is 6.10. The Balaban J connectivity index is 2.16. The summed E-state index contributed by atoms with van der Waals surface area (Å²) in [4.78, 5) is 14.5. The molecule has 124 valence electrons. The highest BCUT2D eigenvalue weighted by molar-refractivity contribution is 7.89.